The zero-order valence-electron chi connectivity index (χ0n) is 11.3. The lowest BCUT2D eigenvalue weighted by molar-refractivity contribution is -0.384. The highest BCUT2D eigenvalue weighted by Crippen LogP contribution is 2.20. The van der Waals surface area contributed by atoms with Gasteiger partial charge in [0.05, 0.1) is 4.92 Å². The summed E-state index contributed by atoms with van der Waals surface area (Å²) in [6.07, 6.45) is 1.80. The minimum atomic E-state index is -6.09. The predicted molar refractivity (Wildman–Crippen MR) is 72.9 cm³/mol. The molecule has 0 aromatic heterocycles. The van der Waals surface area contributed by atoms with Gasteiger partial charge in [-0.15, -0.1) is 0 Å². The second kappa shape index (κ2) is 8.12. The summed E-state index contributed by atoms with van der Waals surface area (Å²) in [4.78, 5) is 21.2. The minimum Gasteiger partial charge on any atom is -0.741 e. The van der Waals surface area contributed by atoms with E-state index in [4.69, 9.17) is 18.1 Å². The van der Waals surface area contributed by atoms with Gasteiger partial charge in [-0.05, 0) is 12.1 Å². The first-order valence-corrected chi connectivity index (χ1v) is 8.57. The fourth-order valence-corrected chi connectivity index (χ4v) is 2.21. The number of nitro benzene ring substituents is 1. The molecule has 13 heteroatoms. The molecule has 0 aliphatic heterocycles. The zero-order valence-corrected chi connectivity index (χ0v) is 12.9. The minimum absolute atomic E-state index is 0.0195. The van der Waals surface area contributed by atoms with E-state index in [1.165, 1.54) is 12.1 Å². The number of benzene rings is 1. The maximum absolute atomic E-state index is 10.7. The third-order valence-electron chi connectivity index (χ3n) is 2.07. The van der Waals surface area contributed by atoms with Crippen LogP contribution in [-0.2, 0) is 25.8 Å². The number of alkyl halides is 3. The number of non-ortho nitro benzene ring substituents is 1. The van der Waals surface area contributed by atoms with Gasteiger partial charge in [0.1, 0.15) is 6.26 Å². The molecule has 1 N–H and O–H groups in total. The number of aliphatic carboxylic acids is 1. The number of halogens is 3. The van der Waals surface area contributed by atoms with Crippen LogP contribution in [-0.4, -0.2) is 46.5 Å². The molecule has 0 heterocycles. The molecule has 0 saturated carbocycles. The Hall–Kier alpha value is -1.86. The molecular formula is C10H10F3NO7S2. The van der Waals surface area contributed by atoms with E-state index >= 15 is 0 Å². The summed E-state index contributed by atoms with van der Waals surface area (Å²) in [5, 5.41) is 19.0. The Bertz CT molecular complexity index is 658. The predicted octanol–water partition coefficient (Wildman–Crippen LogP) is 1.34. The Kier molecular flexibility index (Phi) is 7.47. The fraction of sp³-hybridized carbons (Fsp3) is 0.300. The van der Waals surface area contributed by atoms with Crippen molar-refractivity contribution in [1.82, 2.24) is 0 Å². The Labute approximate surface area is 131 Å². The first-order valence-electron chi connectivity index (χ1n) is 5.36. The maximum atomic E-state index is 10.7. The number of hydrogen-bond acceptors (Lipinski definition) is 6. The molecule has 1 aromatic carbocycles. The van der Waals surface area contributed by atoms with Crippen LogP contribution in [0.5, 0.6) is 0 Å². The highest BCUT2D eigenvalue weighted by molar-refractivity contribution is 7.96. The van der Waals surface area contributed by atoms with Crippen LogP contribution < -0.4 is 0 Å². The van der Waals surface area contributed by atoms with Crippen molar-refractivity contribution >= 4 is 32.7 Å². The Morgan fingerprint density at radius 2 is 1.70 bits per heavy atom. The van der Waals surface area contributed by atoms with Crippen LogP contribution in [0.2, 0.25) is 0 Å². The van der Waals surface area contributed by atoms with Crippen molar-refractivity contribution in [3.63, 3.8) is 0 Å². The highest BCUT2D eigenvalue weighted by Gasteiger charge is 2.36. The molecule has 0 amide bonds. The number of nitro groups is 1. The van der Waals surface area contributed by atoms with Crippen molar-refractivity contribution in [2.24, 2.45) is 0 Å². The van der Waals surface area contributed by atoms with Crippen LogP contribution in [0.15, 0.2) is 29.2 Å². The number of carboxylic acids is 1. The molecule has 0 aliphatic rings. The van der Waals surface area contributed by atoms with Gasteiger partial charge in [0.15, 0.2) is 15.0 Å². The Morgan fingerprint density at radius 3 is 1.96 bits per heavy atom. The van der Waals surface area contributed by atoms with Crippen LogP contribution in [0.4, 0.5) is 18.9 Å². The molecule has 0 fully saturated rings. The molecule has 0 saturated heterocycles. The molecule has 23 heavy (non-hydrogen) atoms. The molecular weight excluding hydrogens is 367 g/mol. The molecule has 130 valence electrons. The molecule has 8 nitrogen and oxygen atoms in total. The van der Waals surface area contributed by atoms with Crippen LogP contribution in [0.3, 0.4) is 0 Å². The Balaban J connectivity index is 0.000000515. The average Bonchev–Trinajstić information content (AvgIpc) is 2.36. The van der Waals surface area contributed by atoms with Gasteiger partial charge in [0.25, 0.3) is 5.69 Å². The zero-order chi connectivity index (χ0) is 18.4. The quantitative estimate of drug-likeness (QED) is 0.275. The SMILES string of the molecule is C[S+](CC(=O)O)c1ccc([N+](=O)[O-])cc1.O=S(=O)([O-])C(F)(F)F. The number of carbonyl (C=O) groups is 1. The number of carboxylic acid groups (broad SMARTS) is 1. The average molecular weight is 377 g/mol. The standard InChI is InChI=1S/C9H9NO4S.CHF3O3S/c1-15(6-9(11)12)8-4-2-7(3-5-8)10(13)14;2-1(3,4)8(5,6)7/h2-5H,6H2,1H3;(H,5,6,7). The van der Waals surface area contributed by atoms with Gasteiger partial charge in [0, 0.05) is 23.0 Å². The third kappa shape index (κ3) is 7.80. The summed E-state index contributed by atoms with van der Waals surface area (Å²) >= 11 is 0. The fourth-order valence-electron chi connectivity index (χ4n) is 1.07. The van der Waals surface area contributed by atoms with Crippen molar-refractivity contribution < 1.29 is 41.0 Å². The molecule has 1 aromatic rings. The third-order valence-corrected chi connectivity index (χ3v) is 4.40. The normalized spacial score (nSPS) is 12.7. The lowest BCUT2D eigenvalue weighted by Crippen LogP contribution is -2.21. The topological polar surface area (TPSA) is 138 Å². The van der Waals surface area contributed by atoms with E-state index < -0.39 is 37.4 Å². The second-order valence-electron chi connectivity index (χ2n) is 3.83. The first-order chi connectivity index (χ1) is 10.3. The van der Waals surface area contributed by atoms with Gasteiger partial charge in [-0.25, -0.2) is 13.2 Å². The molecule has 1 rings (SSSR count). The molecule has 1 unspecified atom stereocenters. The summed E-state index contributed by atoms with van der Waals surface area (Å²) in [6, 6.07) is 5.98. The molecule has 0 radical (unpaired) electrons. The van der Waals surface area contributed by atoms with Crippen LogP contribution in [0, 0.1) is 10.1 Å². The molecule has 1 atom stereocenters. The van der Waals surface area contributed by atoms with Crippen molar-refractivity contribution in [3.8, 4) is 0 Å². The van der Waals surface area contributed by atoms with E-state index in [-0.39, 0.29) is 11.4 Å². The smallest absolute Gasteiger partial charge is 0.485 e. The van der Waals surface area contributed by atoms with Gasteiger partial charge >= 0.3 is 11.5 Å². The van der Waals surface area contributed by atoms with Crippen molar-refractivity contribution in [2.75, 3.05) is 12.0 Å². The first kappa shape index (κ1) is 21.1. The lowest BCUT2D eigenvalue weighted by Gasteiger charge is -2.08. The summed E-state index contributed by atoms with van der Waals surface area (Å²) in [5.74, 6) is -0.808. The molecule has 0 bridgehead atoms. The van der Waals surface area contributed by atoms with E-state index in [0.29, 0.717) is 0 Å². The van der Waals surface area contributed by atoms with Crippen LogP contribution in [0.1, 0.15) is 0 Å². The maximum Gasteiger partial charge on any atom is 0.485 e. The Morgan fingerprint density at radius 1 is 1.30 bits per heavy atom. The van der Waals surface area contributed by atoms with E-state index in [1.54, 1.807) is 18.4 Å². The van der Waals surface area contributed by atoms with E-state index in [9.17, 15) is 28.1 Å². The second-order valence-corrected chi connectivity index (χ2v) is 7.23. The van der Waals surface area contributed by atoms with Crippen molar-refractivity contribution in [1.29, 1.82) is 0 Å². The van der Waals surface area contributed by atoms with Gasteiger partial charge in [-0.3, -0.25) is 10.1 Å². The molecule has 0 spiro atoms. The van der Waals surface area contributed by atoms with Gasteiger partial charge in [-0.1, -0.05) is 0 Å². The molecule has 0 aliphatic carbocycles. The summed E-state index contributed by atoms with van der Waals surface area (Å²) in [7, 11) is -6.50. The number of rotatable bonds is 4. The van der Waals surface area contributed by atoms with Gasteiger partial charge in [0.2, 0.25) is 5.75 Å². The van der Waals surface area contributed by atoms with Crippen LogP contribution in [0.25, 0.3) is 0 Å². The lowest BCUT2D eigenvalue weighted by atomic mass is 10.3. The number of hydrogen-bond donors (Lipinski definition) is 1. The van der Waals surface area contributed by atoms with Crippen molar-refractivity contribution in [3.05, 3.63) is 34.4 Å². The van der Waals surface area contributed by atoms with Crippen molar-refractivity contribution in [2.45, 2.75) is 10.4 Å². The highest BCUT2D eigenvalue weighted by atomic mass is 32.2. The summed E-state index contributed by atoms with van der Waals surface area (Å²) in [6.45, 7) is 0. The summed E-state index contributed by atoms with van der Waals surface area (Å²) in [5.41, 5.74) is -5.63. The van der Waals surface area contributed by atoms with Gasteiger partial charge in [-0.2, -0.15) is 13.2 Å². The number of nitrogens with zero attached hydrogens (tertiary/aromatic N) is 1. The van der Waals surface area contributed by atoms with Gasteiger partial charge < -0.3 is 9.66 Å². The largest absolute Gasteiger partial charge is 0.741 e. The van der Waals surface area contributed by atoms with E-state index in [0.717, 1.165) is 4.90 Å². The van der Waals surface area contributed by atoms with E-state index in [1.807, 2.05) is 0 Å². The monoisotopic (exact) mass is 377 g/mol. The summed E-state index contributed by atoms with van der Waals surface area (Å²) < 4.78 is 58.9. The van der Waals surface area contributed by atoms with E-state index in [2.05, 4.69) is 0 Å². The van der Waals surface area contributed by atoms with Crippen LogP contribution >= 0.6 is 0 Å².